The maximum Gasteiger partial charge on any atom is 0.240 e. The number of aliphatic hydroxyl groups excluding tert-OH is 1. The first kappa shape index (κ1) is 15.4. The molecule has 2 N–H and O–H groups in total. The van der Waals surface area contributed by atoms with E-state index in [0.29, 0.717) is 13.0 Å². The molecule has 2 rings (SSSR count). The van der Waals surface area contributed by atoms with Crippen molar-refractivity contribution in [2.45, 2.75) is 36.2 Å². The van der Waals surface area contributed by atoms with Crippen LogP contribution in [0.2, 0.25) is 0 Å². The summed E-state index contributed by atoms with van der Waals surface area (Å²) >= 11 is 0. The second-order valence-electron chi connectivity index (χ2n) is 5.18. The highest BCUT2D eigenvalue weighted by Crippen LogP contribution is 2.34. The summed E-state index contributed by atoms with van der Waals surface area (Å²) in [6, 6.07) is 6.57. The monoisotopic (exact) mass is 299 g/mol. The number of hydrogen-bond donors (Lipinski definition) is 2. The van der Waals surface area contributed by atoms with Crippen molar-refractivity contribution in [1.29, 1.82) is 0 Å². The molecule has 0 heterocycles. The number of methoxy groups -OCH3 is 1. The van der Waals surface area contributed by atoms with Gasteiger partial charge in [0.2, 0.25) is 10.0 Å². The second-order valence-corrected chi connectivity index (χ2v) is 6.95. The molecule has 1 aliphatic rings. The van der Waals surface area contributed by atoms with Gasteiger partial charge in [0.25, 0.3) is 0 Å². The fraction of sp³-hybridized carbons (Fsp3) is 0.571. The van der Waals surface area contributed by atoms with Gasteiger partial charge in [0, 0.05) is 20.3 Å². The van der Waals surface area contributed by atoms with E-state index in [-0.39, 0.29) is 17.1 Å². The van der Waals surface area contributed by atoms with Crippen molar-refractivity contribution in [3.05, 3.63) is 29.8 Å². The topological polar surface area (TPSA) is 75.6 Å². The fourth-order valence-corrected chi connectivity index (χ4v) is 3.41. The van der Waals surface area contributed by atoms with Crippen LogP contribution in [0.4, 0.5) is 0 Å². The van der Waals surface area contributed by atoms with Crippen LogP contribution in [-0.4, -0.2) is 39.4 Å². The predicted molar refractivity (Wildman–Crippen MR) is 76.0 cm³/mol. The van der Waals surface area contributed by atoms with Gasteiger partial charge in [-0.3, -0.25) is 0 Å². The van der Waals surface area contributed by atoms with E-state index in [2.05, 4.69) is 4.72 Å². The zero-order chi connectivity index (χ0) is 14.6. The molecule has 5 nitrogen and oxygen atoms in total. The summed E-state index contributed by atoms with van der Waals surface area (Å²) in [5.41, 5.74) is 0.586. The van der Waals surface area contributed by atoms with Crippen molar-refractivity contribution in [2.75, 3.05) is 20.3 Å². The van der Waals surface area contributed by atoms with Gasteiger partial charge in [0.05, 0.1) is 10.5 Å². The number of nitrogens with one attached hydrogen (secondary N) is 1. The van der Waals surface area contributed by atoms with E-state index >= 15 is 0 Å². The molecule has 0 unspecified atom stereocenters. The van der Waals surface area contributed by atoms with Crippen LogP contribution < -0.4 is 4.72 Å². The van der Waals surface area contributed by atoms with Crippen molar-refractivity contribution in [2.24, 2.45) is 0 Å². The zero-order valence-electron chi connectivity index (χ0n) is 11.6. The van der Waals surface area contributed by atoms with Crippen LogP contribution in [0.25, 0.3) is 0 Å². The third-order valence-electron chi connectivity index (χ3n) is 3.92. The number of sulfonamides is 1. The molecular weight excluding hydrogens is 278 g/mol. The Bertz CT molecular complexity index is 529. The molecule has 20 heavy (non-hydrogen) atoms. The summed E-state index contributed by atoms with van der Waals surface area (Å²) < 4.78 is 32.4. The minimum Gasteiger partial charge on any atom is -0.396 e. The van der Waals surface area contributed by atoms with E-state index in [1.165, 1.54) is 0 Å². The first-order valence-electron chi connectivity index (χ1n) is 6.76. The normalized spacial score (nSPS) is 17.7. The number of aliphatic hydroxyl groups is 1. The molecule has 1 aliphatic carbocycles. The minimum absolute atomic E-state index is 0.0563. The first-order chi connectivity index (χ1) is 9.51. The van der Waals surface area contributed by atoms with E-state index in [1.807, 2.05) is 0 Å². The largest absolute Gasteiger partial charge is 0.396 e. The second kappa shape index (κ2) is 6.22. The molecule has 0 aromatic heterocycles. The number of ether oxygens (including phenoxy) is 1. The van der Waals surface area contributed by atoms with Gasteiger partial charge in [-0.15, -0.1) is 0 Å². The molecule has 1 fully saturated rings. The van der Waals surface area contributed by atoms with Crippen LogP contribution in [0.5, 0.6) is 0 Å². The van der Waals surface area contributed by atoms with Gasteiger partial charge < -0.3 is 9.84 Å². The summed E-state index contributed by atoms with van der Waals surface area (Å²) in [6.45, 7) is 0.366. The zero-order valence-corrected chi connectivity index (χ0v) is 12.4. The molecule has 1 aromatic carbocycles. The van der Waals surface area contributed by atoms with Crippen LogP contribution in [0.3, 0.4) is 0 Å². The molecule has 1 aromatic rings. The van der Waals surface area contributed by atoms with E-state index < -0.39 is 10.0 Å². The molecule has 112 valence electrons. The van der Waals surface area contributed by atoms with Crippen LogP contribution in [0.1, 0.15) is 24.8 Å². The minimum atomic E-state index is -3.50. The summed E-state index contributed by atoms with van der Waals surface area (Å²) in [5.74, 6) is 0. The molecule has 0 atom stereocenters. The Hall–Kier alpha value is -0.950. The Morgan fingerprint density at radius 3 is 2.40 bits per heavy atom. The lowest BCUT2D eigenvalue weighted by Gasteiger charge is -2.40. The highest BCUT2D eigenvalue weighted by molar-refractivity contribution is 7.89. The van der Waals surface area contributed by atoms with Crippen molar-refractivity contribution < 1.29 is 18.3 Å². The van der Waals surface area contributed by atoms with E-state index in [1.54, 1.807) is 31.4 Å². The van der Waals surface area contributed by atoms with Crippen molar-refractivity contribution >= 4 is 10.0 Å². The molecule has 1 saturated carbocycles. The quantitative estimate of drug-likeness (QED) is 0.789. The van der Waals surface area contributed by atoms with E-state index in [0.717, 1.165) is 24.8 Å². The van der Waals surface area contributed by atoms with Crippen molar-refractivity contribution in [1.82, 2.24) is 4.72 Å². The molecule has 0 saturated heterocycles. The maximum absolute atomic E-state index is 12.2. The number of benzene rings is 1. The van der Waals surface area contributed by atoms with Crippen LogP contribution in [0, 0.1) is 0 Å². The lowest BCUT2D eigenvalue weighted by atomic mass is 9.80. The summed E-state index contributed by atoms with van der Waals surface area (Å²) in [5, 5.41) is 8.84. The van der Waals surface area contributed by atoms with E-state index in [9.17, 15) is 8.42 Å². The molecule has 0 amide bonds. The van der Waals surface area contributed by atoms with Gasteiger partial charge in [-0.2, -0.15) is 0 Å². The summed E-state index contributed by atoms with van der Waals surface area (Å²) in [6.07, 6.45) is 3.38. The van der Waals surface area contributed by atoms with Crippen LogP contribution >= 0.6 is 0 Å². The van der Waals surface area contributed by atoms with Crippen LogP contribution in [0.15, 0.2) is 29.2 Å². The standard InChI is InChI=1S/C14H21NO4S/c1-19-14(8-2-9-14)11-15-20(17,18)13-5-3-12(4-6-13)7-10-16/h3-6,15-16H,2,7-11H2,1H3. The summed E-state index contributed by atoms with van der Waals surface area (Å²) in [7, 11) is -1.88. The van der Waals surface area contributed by atoms with E-state index in [4.69, 9.17) is 9.84 Å². The Morgan fingerprint density at radius 1 is 1.30 bits per heavy atom. The Labute approximate surface area is 120 Å². The molecule has 0 spiro atoms. The van der Waals surface area contributed by atoms with Crippen molar-refractivity contribution in [3.63, 3.8) is 0 Å². The first-order valence-corrected chi connectivity index (χ1v) is 8.24. The number of hydrogen-bond acceptors (Lipinski definition) is 4. The average molecular weight is 299 g/mol. The lowest BCUT2D eigenvalue weighted by Crippen LogP contribution is -2.49. The maximum atomic E-state index is 12.2. The van der Waals surface area contributed by atoms with Gasteiger partial charge in [-0.1, -0.05) is 12.1 Å². The molecule has 0 bridgehead atoms. The Kier molecular flexibility index (Phi) is 4.80. The Morgan fingerprint density at radius 2 is 1.95 bits per heavy atom. The van der Waals surface area contributed by atoms with Gasteiger partial charge in [0.15, 0.2) is 0 Å². The highest BCUT2D eigenvalue weighted by atomic mass is 32.2. The molecule has 0 radical (unpaired) electrons. The highest BCUT2D eigenvalue weighted by Gasteiger charge is 2.37. The molecule has 0 aliphatic heterocycles. The third kappa shape index (κ3) is 3.38. The molecule has 6 heteroatoms. The van der Waals surface area contributed by atoms with Crippen LogP contribution in [-0.2, 0) is 21.2 Å². The van der Waals surface area contributed by atoms with Gasteiger partial charge >= 0.3 is 0 Å². The van der Waals surface area contributed by atoms with Gasteiger partial charge in [-0.25, -0.2) is 13.1 Å². The number of rotatable bonds is 7. The predicted octanol–water partition coefficient (Wildman–Crippen LogP) is 1.07. The van der Waals surface area contributed by atoms with Crippen molar-refractivity contribution in [3.8, 4) is 0 Å². The summed E-state index contributed by atoms with van der Waals surface area (Å²) in [4.78, 5) is 0.241. The fourth-order valence-electron chi connectivity index (χ4n) is 2.30. The third-order valence-corrected chi connectivity index (χ3v) is 5.33. The van der Waals surface area contributed by atoms with Gasteiger partial charge in [0.1, 0.15) is 0 Å². The van der Waals surface area contributed by atoms with Gasteiger partial charge in [-0.05, 0) is 43.4 Å². The lowest BCUT2D eigenvalue weighted by molar-refractivity contribution is -0.0659. The SMILES string of the molecule is COC1(CNS(=O)(=O)c2ccc(CCO)cc2)CCC1. The Balaban J connectivity index is 2.02. The smallest absolute Gasteiger partial charge is 0.240 e. The average Bonchev–Trinajstić information content (AvgIpc) is 2.39. The molecular formula is C14H21NO4S.